The molecule has 5 amide bonds. The quantitative estimate of drug-likeness (QED) is 0.203. The van der Waals surface area contributed by atoms with E-state index in [1.165, 1.54) is 20.3 Å². The molecule has 1 saturated carbocycles. The number of nitrogens with one attached hydrogen (secondary N) is 4. The molecule has 46 heavy (non-hydrogen) atoms. The number of ether oxygens (including phenoxy) is 1. The van der Waals surface area contributed by atoms with Gasteiger partial charge in [0.2, 0.25) is 11.8 Å². The van der Waals surface area contributed by atoms with Crippen molar-refractivity contribution in [3.8, 4) is 0 Å². The van der Waals surface area contributed by atoms with Gasteiger partial charge in [0.1, 0.15) is 17.7 Å². The largest absolute Gasteiger partial charge is 0.444 e. The first-order valence-electron chi connectivity index (χ1n) is 16.7. The van der Waals surface area contributed by atoms with Gasteiger partial charge in [0.15, 0.2) is 0 Å². The van der Waals surface area contributed by atoms with Crippen LogP contribution >= 0.6 is 0 Å². The number of hydrogen-bond acceptors (Lipinski definition) is 7. The van der Waals surface area contributed by atoms with E-state index in [-0.39, 0.29) is 19.0 Å². The van der Waals surface area contributed by atoms with E-state index in [0.717, 1.165) is 31.2 Å². The third-order valence-corrected chi connectivity index (χ3v) is 8.59. The molecule has 0 aromatic heterocycles. The number of aliphatic hydroxyl groups is 2. The maximum Gasteiger partial charge on any atom is 0.407 e. The molecule has 12 nitrogen and oxygen atoms in total. The molecule has 2 aliphatic rings. The number of amides is 5. The number of alkyl carbamates (subject to hydrolysis) is 1. The lowest BCUT2D eigenvalue weighted by molar-refractivity contribution is -0.129. The second-order valence-corrected chi connectivity index (χ2v) is 14.3. The minimum atomic E-state index is -1.42. The second-order valence-electron chi connectivity index (χ2n) is 14.3. The number of urea groups is 1. The Kier molecular flexibility index (Phi) is 13.7. The van der Waals surface area contributed by atoms with Crippen molar-refractivity contribution in [1.29, 1.82) is 0 Å². The Morgan fingerprint density at radius 2 is 1.57 bits per heavy atom. The van der Waals surface area contributed by atoms with Crippen LogP contribution in [0.1, 0.15) is 91.5 Å². The van der Waals surface area contributed by atoms with Gasteiger partial charge in [0.05, 0.1) is 18.2 Å². The summed E-state index contributed by atoms with van der Waals surface area (Å²) in [6.07, 6.45) is 5.60. The van der Waals surface area contributed by atoms with Gasteiger partial charge in [-0.15, -0.1) is 0 Å². The van der Waals surface area contributed by atoms with Crippen molar-refractivity contribution in [1.82, 2.24) is 26.2 Å². The lowest BCUT2D eigenvalue weighted by atomic mass is 9.81. The number of carbonyl (C=O) groups excluding carboxylic acids is 4. The molecule has 3 atom stereocenters. The highest BCUT2D eigenvalue weighted by molar-refractivity contribution is 5.90. The number of nitrogens with zero attached hydrogens (tertiary/aromatic N) is 1. The predicted molar refractivity (Wildman–Crippen MR) is 175 cm³/mol. The Bertz CT molecular complexity index is 1140. The number of benzene rings is 1. The maximum atomic E-state index is 13.4. The Labute approximate surface area is 273 Å². The number of hydrogen-bond donors (Lipinski definition) is 6. The van der Waals surface area contributed by atoms with Crippen molar-refractivity contribution in [3.63, 3.8) is 0 Å². The summed E-state index contributed by atoms with van der Waals surface area (Å²) in [6.45, 7) is 8.84. The van der Waals surface area contributed by atoms with E-state index >= 15 is 0 Å². The molecule has 1 aliphatic heterocycles. The average Bonchev–Trinajstić information content (AvgIpc) is 2.98. The van der Waals surface area contributed by atoms with Gasteiger partial charge in [0.25, 0.3) is 0 Å². The van der Waals surface area contributed by atoms with Crippen LogP contribution in [0.5, 0.6) is 0 Å². The standard InChI is InChI=1S/C34H55N5O7/c1-33(2,3)46-32(44)36-25-16-18-39(19-17-25)31(43)38-27(21-24-14-10-7-11-15-24)30(42)35-22-28(40)37-26(29(41)34(4,5)45)20-23-12-8-6-9-13-23/h7,10-11,14-15,23,25-27,29,41,45H,6,8-9,12-13,16-22H2,1-5H3,(H,35,42)(H,36,44)(H,37,40)(H,38,43)/t26-,27-,29-/m0/s1. The van der Waals surface area contributed by atoms with Gasteiger partial charge in [-0.05, 0) is 65.4 Å². The van der Waals surface area contributed by atoms with E-state index < -0.39 is 53.3 Å². The van der Waals surface area contributed by atoms with Gasteiger partial charge < -0.3 is 41.1 Å². The fourth-order valence-corrected chi connectivity index (χ4v) is 6.09. The minimum Gasteiger partial charge on any atom is -0.444 e. The van der Waals surface area contributed by atoms with Gasteiger partial charge in [-0.3, -0.25) is 9.59 Å². The fourth-order valence-electron chi connectivity index (χ4n) is 6.09. The first-order chi connectivity index (χ1) is 21.6. The van der Waals surface area contributed by atoms with E-state index in [0.29, 0.717) is 38.3 Å². The van der Waals surface area contributed by atoms with Gasteiger partial charge in [0, 0.05) is 25.6 Å². The highest BCUT2D eigenvalue weighted by atomic mass is 16.6. The van der Waals surface area contributed by atoms with E-state index in [4.69, 9.17) is 4.74 Å². The van der Waals surface area contributed by atoms with E-state index in [9.17, 15) is 29.4 Å². The SMILES string of the molecule is CC(C)(C)OC(=O)NC1CCN(C(=O)N[C@@H](Cc2ccccc2)C(=O)NCC(=O)N[C@@H](CC2CCCCC2)[C@H](O)C(C)(C)O)CC1. The molecule has 1 heterocycles. The third kappa shape index (κ3) is 12.8. The molecule has 3 rings (SSSR count). The van der Waals surface area contributed by atoms with Crippen molar-refractivity contribution in [2.45, 2.75) is 128 Å². The van der Waals surface area contributed by atoms with Crippen molar-refractivity contribution in [3.05, 3.63) is 35.9 Å². The summed E-state index contributed by atoms with van der Waals surface area (Å²) in [5.41, 5.74) is -1.18. The van der Waals surface area contributed by atoms with Crippen LogP contribution in [0.15, 0.2) is 30.3 Å². The Hall–Kier alpha value is -3.38. The zero-order valence-corrected chi connectivity index (χ0v) is 28.1. The van der Waals surface area contributed by atoms with Gasteiger partial charge >= 0.3 is 12.1 Å². The van der Waals surface area contributed by atoms with Crippen LogP contribution in [0.4, 0.5) is 9.59 Å². The van der Waals surface area contributed by atoms with Gasteiger partial charge in [-0.2, -0.15) is 0 Å². The fraction of sp³-hybridized carbons (Fsp3) is 0.706. The van der Waals surface area contributed by atoms with E-state index in [1.807, 2.05) is 30.3 Å². The average molecular weight is 646 g/mol. The van der Waals surface area contributed by atoms with E-state index in [1.54, 1.807) is 25.7 Å². The molecule has 0 unspecified atom stereocenters. The van der Waals surface area contributed by atoms with Crippen molar-refractivity contribution < 1.29 is 34.1 Å². The minimum absolute atomic E-state index is 0.127. The van der Waals surface area contributed by atoms with Gasteiger partial charge in [-0.25, -0.2) is 9.59 Å². The third-order valence-electron chi connectivity index (χ3n) is 8.59. The number of likely N-dealkylation sites (tertiary alicyclic amines) is 1. The zero-order valence-electron chi connectivity index (χ0n) is 28.1. The molecule has 6 N–H and O–H groups in total. The molecule has 12 heteroatoms. The van der Waals surface area contributed by atoms with E-state index in [2.05, 4.69) is 21.3 Å². The van der Waals surface area contributed by atoms with Crippen LogP contribution in [0.25, 0.3) is 0 Å². The normalized spacial score (nSPS) is 18.5. The summed E-state index contributed by atoms with van der Waals surface area (Å²) < 4.78 is 5.33. The molecule has 1 aliphatic carbocycles. The molecular weight excluding hydrogens is 590 g/mol. The molecule has 1 aromatic carbocycles. The van der Waals surface area contributed by atoms with Crippen LogP contribution in [0.3, 0.4) is 0 Å². The van der Waals surface area contributed by atoms with Crippen LogP contribution < -0.4 is 21.3 Å². The molecule has 0 bridgehead atoms. The van der Waals surface area contributed by atoms with Crippen LogP contribution in [0, 0.1) is 5.92 Å². The van der Waals surface area contributed by atoms with Crippen LogP contribution in [-0.4, -0.2) is 94.1 Å². The molecule has 0 radical (unpaired) electrons. The number of carbonyl (C=O) groups is 4. The Morgan fingerprint density at radius 3 is 2.15 bits per heavy atom. The topological polar surface area (TPSA) is 169 Å². The second kappa shape index (κ2) is 17.0. The van der Waals surface area contributed by atoms with Crippen molar-refractivity contribution in [2.75, 3.05) is 19.6 Å². The summed E-state index contributed by atoms with van der Waals surface area (Å²) >= 11 is 0. The summed E-state index contributed by atoms with van der Waals surface area (Å²) in [7, 11) is 0. The summed E-state index contributed by atoms with van der Waals surface area (Å²) in [5, 5.41) is 32.5. The number of aliphatic hydroxyl groups excluding tert-OH is 1. The molecule has 258 valence electrons. The van der Waals surface area contributed by atoms with Crippen LogP contribution in [-0.2, 0) is 20.7 Å². The van der Waals surface area contributed by atoms with Crippen LogP contribution in [0.2, 0.25) is 0 Å². The highest BCUT2D eigenvalue weighted by Gasteiger charge is 2.35. The smallest absolute Gasteiger partial charge is 0.407 e. The first-order valence-corrected chi connectivity index (χ1v) is 16.7. The highest BCUT2D eigenvalue weighted by Crippen LogP contribution is 2.29. The van der Waals surface area contributed by atoms with Crippen molar-refractivity contribution >= 4 is 23.9 Å². The summed E-state index contributed by atoms with van der Waals surface area (Å²) in [4.78, 5) is 53.4. The predicted octanol–water partition coefficient (Wildman–Crippen LogP) is 3.00. The lowest BCUT2D eigenvalue weighted by Gasteiger charge is -2.35. The first kappa shape index (κ1) is 37.1. The van der Waals surface area contributed by atoms with Crippen molar-refractivity contribution in [2.24, 2.45) is 5.92 Å². The molecule has 0 spiro atoms. The summed E-state index contributed by atoms with van der Waals surface area (Å²) in [6, 6.07) is 7.14. The molecule has 1 aromatic rings. The lowest BCUT2D eigenvalue weighted by Crippen LogP contribution is -2.57. The summed E-state index contributed by atoms with van der Waals surface area (Å²) in [5.74, 6) is -0.656. The molecular formula is C34H55N5O7. The zero-order chi connectivity index (χ0) is 33.9. The monoisotopic (exact) mass is 645 g/mol. The number of piperidine rings is 1. The Balaban J connectivity index is 1.57. The maximum absolute atomic E-state index is 13.4. The molecule has 1 saturated heterocycles. The molecule has 2 fully saturated rings. The number of rotatable bonds is 12. The van der Waals surface area contributed by atoms with Gasteiger partial charge in [-0.1, -0.05) is 62.4 Å². The Morgan fingerprint density at radius 1 is 0.935 bits per heavy atom.